The Labute approximate surface area is 157 Å². The van der Waals surface area contributed by atoms with E-state index in [-0.39, 0.29) is 30.2 Å². The molecule has 1 fully saturated rings. The van der Waals surface area contributed by atoms with Crippen LogP contribution in [0.4, 0.5) is 10.1 Å². The number of nitrogens with one attached hydrogen (secondary N) is 1. The van der Waals surface area contributed by atoms with Gasteiger partial charge in [0.15, 0.2) is 0 Å². The first-order valence-electron chi connectivity index (χ1n) is 9.18. The fraction of sp³-hybridized carbons (Fsp3) is 0.400. The Kier molecular flexibility index (Phi) is 6.24. The van der Waals surface area contributed by atoms with Gasteiger partial charge in [-0.05, 0) is 62.7 Å². The summed E-state index contributed by atoms with van der Waals surface area (Å²) in [6.07, 6.45) is 3.16. The minimum atomic E-state index is -0.338. The van der Waals surface area contributed by atoms with E-state index < -0.39 is 0 Å². The van der Waals surface area contributed by atoms with Crippen LogP contribution < -0.4 is 10.2 Å². The number of nitrogens with zero attached hydrogens (tertiary/aromatic N) is 2. The highest BCUT2D eigenvalue weighted by molar-refractivity contribution is 5.95. The monoisotopic (exact) mass is 373 g/mol. The number of anilines is 1. The molecule has 144 valence electrons. The van der Waals surface area contributed by atoms with Crippen LogP contribution in [0, 0.1) is 5.82 Å². The van der Waals surface area contributed by atoms with Gasteiger partial charge in [-0.3, -0.25) is 14.5 Å². The molecule has 0 bridgehead atoms. The predicted molar refractivity (Wildman–Crippen MR) is 99.6 cm³/mol. The third-order valence-electron chi connectivity index (χ3n) is 4.78. The van der Waals surface area contributed by atoms with E-state index in [0.29, 0.717) is 31.1 Å². The first-order valence-corrected chi connectivity index (χ1v) is 9.18. The summed E-state index contributed by atoms with van der Waals surface area (Å²) in [5, 5.41) is 2.87. The number of benzene rings is 1. The molecule has 2 heterocycles. The highest BCUT2D eigenvalue weighted by Gasteiger charge is 2.32. The average molecular weight is 373 g/mol. The van der Waals surface area contributed by atoms with Gasteiger partial charge in [-0.2, -0.15) is 0 Å². The normalized spacial score (nSPS) is 17.0. The zero-order valence-electron chi connectivity index (χ0n) is 15.4. The van der Waals surface area contributed by atoms with E-state index in [2.05, 4.69) is 5.32 Å². The van der Waals surface area contributed by atoms with Crippen LogP contribution in [0.5, 0.6) is 0 Å². The number of rotatable bonds is 7. The predicted octanol–water partition coefficient (Wildman–Crippen LogP) is 2.55. The van der Waals surface area contributed by atoms with E-state index >= 15 is 0 Å². The summed E-state index contributed by atoms with van der Waals surface area (Å²) in [5.41, 5.74) is 0.655. The second kappa shape index (κ2) is 8.81. The Bertz CT molecular complexity index is 761. The van der Waals surface area contributed by atoms with Gasteiger partial charge >= 0.3 is 0 Å². The van der Waals surface area contributed by atoms with Crippen molar-refractivity contribution in [3.63, 3.8) is 0 Å². The summed E-state index contributed by atoms with van der Waals surface area (Å²) >= 11 is 0. The molecule has 1 aromatic carbocycles. The largest absolute Gasteiger partial charge is 0.467 e. The second-order valence-corrected chi connectivity index (χ2v) is 6.54. The van der Waals surface area contributed by atoms with Crippen LogP contribution in [0.25, 0.3) is 0 Å². The molecule has 0 spiro atoms. The van der Waals surface area contributed by atoms with E-state index in [9.17, 15) is 14.0 Å². The summed E-state index contributed by atoms with van der Waals surface area (Å²) < 4.78 is 18.4. The zero-order valence-corrected chi connectivity index (χ0v) is 15.4. The number of hydrogen-bond donors (Lipinski definition) is 1. The van der Waals surface area contributed by atoms with Crippen LogP contribution in [0.3, 0.4) is 0 Å². The number of amides is 2. The average Bonchev–Trinajstić information content (AvgIpc) is 3.34. The van der Waals surface area contributed by atoms with Crippen molar-refractivity contribution in [1.29, 1.82) is 0 Å². The molecule has 1 atom stereocenters. The van der Waals surface area contributed by atoms with E-state index in [4.69, 9.17) is 4.42 Å². The Morgan fingerprint density at radius 3 is 2.74 bits per heavy atom. The van der Waals surface area contributed by atoms with E-state index in [1.165, 1.54) is 12.1 Å². The molecule has 6 nitrogen and oxygen atoms in total. The van der Waals surface area contributed by atoms with Gasteiger partial charge in [-0.1, -0.05) is 0 Å². The van der Waals surface area contributed by atoms with Gasteiger partial charge in [-0.15, -0.1) is 0 Å². The summed E-state index contributed by atoms with van der Waals surface area (Å²) in [7, 11) is 0. The van der Waals surface area contributed by atoms with Crippen molar-refractivity contribution in [2.45, 2.75) is 32.4 Å². The molecule has 0 unspecified atom stereocenters. The lowest BCUT2D eigenvalue weighted by molar-refractivity contribution is -0.127. The maximum absolute atomic E-state index is 13.1. The third-order valence-corrected chi connectivity index (χ3v) is 4.78. The van der Waals surface area contributed by atoms with Gasteiger partial charge in [0, 0.05) is 12.2 Å². The Morgan fingerprint density at radius 2 is 2.07 bits per heavy atom. The topological polar surface area (TPSA) is 65.8 Å². The van der Waals surface area contributed by atoms with E-state index in [0.717, 1.165) is 12.8 Å². The number of furan rings is 1. The standard InChI is InChI=1S/C20H24FN3O3/c1-2-24(16-9-7-15(21)8-10-16)19(25)14-23-11-3-6-18(23)20(26)22-13-17-5-4-12-27-17/h4-5,7-10,12,18H,2-3,6,11,13-14H2,1H3,(H,22,26)/t18-/m0/s1. The van der Waals surface area contributed by atoms with Crippen LogP contribution in [0.1, 0.15) is 25.5 Å². The molecule has 27 heavy (non-hydrogen) atoms. The highest BCUT2D eigenvalue weighted by atomic mass is 19.1. The molecule has 2 aromatic rings. The van der Waals surface area contributed by atoms with Crippen molar-refractivity contribution in [2.24, 2.45) is 0 Å². The van der Waals surface area contributed by atoms with Gasteiger partial charge in [0.25, 0.3) is 0 Å². The highest BCUT2D eigenvalue weighted by Crippen LogP contribution is 2.20. The lowest BCUT2D eigenvalue weighted by Crippen LogP contribution is -2.47. The molecule has 1 saturated heterocycles. The minimum absolute atomic E-state index is 0.0958. The number of likely N-dealkylation sites (N-methyl/N-ethyl adjacent to an activating group) is 1. The van der Waals surface area contributed by atoms with Crippen LogP contribution in [0.2, 0.25) is 0 Å². The van der Waals surface area contributed by atoms with Crippen LogP contribution in [-0.2, 0) is 16.1 Å². The first-order chi connectivity index (χ1) is 13.1. The van der Waals surface area contributed by atoms with Gasteiger partial charge in [0.05, 0.1) is 25.4 Å². The number of halogens is 1. The zero-order chi connectivity index (χ0) is 19.2. The van der Waals surface area contributed by atoms with Gasteiger partial charge in [0.1, 0.15) is 11.6 Å². The van der Waals surface area contributed by atoms with Crippen LogP contribution in [0.15, 0.2) is 47.1 Å². The molecule has 1 aromatic heterocycles. The third kappa shape index (κ3) is 4.74. The van der Waals surface area contributed by atoms with Crippen LogP contribution in [-0.4, -0.2) is 42.4 Å². The summed E-state index contributed by atoms with van der Waals surface area (Å²) in [6.45, 7) is 3.54. The van der Waals surface area contributed by atoms with Crippen molar-refractivity contribution in [3.8, 4) is 0 Å². The second-order valence-electron chi connectivity index (χ2n) is 6.54. The smallest absolute Gasteiger partial charge is 0.241 e. The molecular weight excluding hydrogens is 349 g/mol. The minimum Gasteiger partial charge on any atom is -0.467 e. The van der Waals surface area contributed by atoms with Gasteiger partial charge in [0.2, 0.25) is 11.8 Å². The molecule has 0 radical (unpaired) electrons. The quantitative estimate of drug-likeness (QED) is 0.810. The van der Waals surface area contributed by atoms with Gasteiger partial charge in [-0.25, -0.2) is 4.39 Å². The summed E-state index contributed by atoms with van der Waals surface area (Å²) in [6, 6.07) is 9.12. The van der Waals surface area contributed by atoms with Gasteiger partial charge < -0.3 is 14.6 Å². The molecule has 1 N–H and O–H groups in total. The van der Waals surface area contributed by atoms with Crippen molar-refractivity contribution < 1.29 is 18.4 Å². The number of likely N-dealkylation sites (tertiary alicyclic amines) is 1. The Balaban J connectivity index is 1.59. The molecule has 0 saturated carbocycles. The van der Waals surface area contributed by atoms with Crippen molar-refractivity contribution in [3.05, 3.63) is 54.2 Å². The molecule has 0 aliphatic carbocycles. The van der Waals surface area contributed by atoms with E-state index in [1.54, 1.807) is 35.4 Å². The fourth-order valence-corrected chi connectivity index (χ4v) is 3.40. The molecule has 2 amide bonds. The first kappa shape index (κ1) is 19.1. The Hall–Kier alpha value is -2.67. The summed E-state index contributed by atoms with van der Waals surface area (Å²) in [4.78, 5) is 28.8. The SMILES string of the molecule is CCN(C(=O)CN1CCC[C@H]1C(=O)NCc1ccco1)c1ccc(F)cc1. The summed E-state index contributed by atoms with van der Waals surface area (Å²) in [5.74, 6) is 0.156. The molecule has 7 heteroatoms. The Morgan fingerprint density at radius 1 is 1.30 bits per heavy atom. The van der Waals surface area contributed by atoms with Crippen molar-refractivity contribution >= 4 is 17.5 Å². The molecular formula is C20H24FN3O3. The maximum Gasteiger partial charge on any atom is 0.241 e. The number of hydrogen-bond acceptors (Lipinski definition) is 4. The van der Waals surface area contributed by atoms with Crippen molar-refractivity contribution in [2.75, 3.05) is 24.5 Å². The molecule has 3 rings (SSSR count). The molecule has 1 aliphatic heterocycles. The van der Waals surface area contributed by atoms with E-state index in [1.807, 2.05) is 11.8 Å². The van der Waals surface area contributed by atoms with Crippen LogP contribution >= 0.6 is 0 Å². The number of carbonyl (C=O) groups excluding carboxylic acids is 2. The van der Waals surface area contributed by atoms with Crippen molar-refractivity contribution in [1.82, 2.24) is 10.2 Å². The fourth-order valence-electron chi connectivity index (χ4n) is 3.40. The maximum atomic E-state index is 13.1. The lowest BCUT2D eigenvalue weighted by atomic mass is 10.2. The lowest BCUT2D eigenvalue weighted by Gasteiger charge is -2.27. The molecule has 1 aliphatic rings. The number of carbonyl (C=O) groups is 2.